The number of aryl methyl sites for hydroxylation is 1. The third-order valence-corrected chi connectivity index (χ3v) is 3.85. The lowest BCUT2D eigenvalue weighted by Crippen LogP contribution is -1.97. The van der Waals surface area contributed by atoms with E-state index in [-0.39, 0.29) is 11.0 Å². The molecular formula is C13H9ClFN3OS. The van der Waals surface area contributed by atoms with Crippen molar-refractivity contribution in [3.05, 3.63) is 40.0 Å². The Morgan fingerprint density at radius 2 is 2.10 bits per heavy atom. The summed E-state index contributed by atoms with van der Waals surface area (Å²) in [5.41, 5.74) is 5.65. The molecule has 0 aliphatic heterocycles. The average Bonchev–Trinajstić information content (AvgIpc) is 2.74. The molecule has 2 aromatic heterocycles. The van der Waals surface area contributed by atoms with E-state index in [0.717, 1.165) is 15.1 Å². The Bertz CT molecular complexity index is 806. The molecule has 20 heavy (non-hydrogen) atoms. The zero-order chi connectivity index (χ0) is 14.3. The predicted octanol–water partition coefficient (Wildman–Crippen LogP) is 4.17. The number of rotatable bonds is 2. The quantitative estimate of drug-likeness (QED) is 0.772. The fourth-order valence-corrected chi connectivity index (χ4v) is 2.76. The van der Waals surface area contributed by atoms with Crippen molar-refractivity contribution >= 4 is 39.1 Å². The highest BCUT2D eigenvalue weighted by atomic mass is 35.5. The van der Waals surface area contributed by atoms with Crippen LogP contribution in [-0.2, 0) is 0 Å². The maximum Gasteiger partial charge on any atom is 0.232 e. The van der Waals surface area contributed by atoms with Crippen molar-refractivity contribution in [3.63, 3.8) is 0 Å². The lowest BCUT2D eigenvalue weighted by atomic mass is 10.3. The van der Waals surface area contributed by atoms with Crippen LogP contribution in [0.1, 0.15) is 4.88 Å². The summed E-state index contributed by atoms with van der Waals surface area (Å²) in [6.07, 6.45) is 0. The van der Waals surface area contributed by atoms with Crippen LogP contribution < -0.4 is 10.5 Å². The summed E-state index contributed by atoms with van der Waals surface area (Å²) >= 11 is 7.12. The van der Waals surface area contributed by atoms with Gasteiger partial charge in [-0.25, -0.2) is 9.37 Å². The molecule has 0 amide bonds. The van der Waals surface area contributed by atoms with E-state index in [1.54, 1.807) is 6.07 Å². The number of hydrogen-bond donors (Lipinski definition) is 1. The van der Waals surface area contributed by atoms with Crippen LogP contribution in [0.2, 0.25) is 5.02 Å². The first-order valence-electron chi connectivity index (χ1n) is 5.69. The van der Waals surface area contributed by atoms with Gasteiger partial charge in [-0.15, -0.1) is 11.3 Å². The van der Waals surface area contributed by atoms with Gasteiger partial charge >= 0.3 is 0 Å². The second-order valence-corrected chi connectivity index (χ2v) is 5.78. The molecule has 0 aliphatic rings. The molecule has 7 heteroatoms. The molecule has 0 bridgehead atoms. The number of hydrogen-bond acceptors (Lipinski definition) is 5. The van der Waals surface area contributed by atoms with Crippen LogP contribution in [0.4, 0.5) is 10.3 Å². The van der Waals surface area contributed by atoms with Gasteiger partial charge < -0.3 is 10.5 Å². The summed E-state index contributed by atoms with van der Waals surface area (Å²) in [5.74, 6) is 0.168. The summed E-state index contributed by atoms with van der Waals surface area (Å²) in [7, 11) is 0. The maximum absolute atomic E-state index is 13.4. The van der Waals surface area contributed by atoms with Crippen molar-refractivity contribution in [2.45, 2.75) is 6.92 Å². The number of halogens is 2. The van der Waals surface area contributed by atoms with E-state index >= 15 is 0 Å². The molecule has 0 radical (unpaired) electrons. The zero-order valence-corrected chi connectivity index (χ0v) is 11.9. The van der Waals surface area contributed by atoms with Crippen LogP contribution in [0.15, 0.2) is 24.3 Å². The number of nitrogen functional groups attached to an aromatic ring is 1. The van der Waals surface area contributed by atoms with Gasteiger partial charge in [0.1, 0.15) is 16.4 Å². The van der Waals surface area contributed by atoms with Crippen molar-refractivity contribution in [2.24, 2.45) is 0 Å². The van der Waals surface area contributed by atoms with Crippen LogP contribution in [0, 0.1) is 12.7 Å². The molecule has 0 saturated heterocycles. The van der Waals surface area contributed by atoms with Gasteiger partial charge in [0.2, 0.25) is 11.8 Å². The number of nitrogens with zero attached hydrogens (tertiary/aromatic N) is 2. The molecule has 0 spiro atoms. The number of anilines is 1. The smallest absolute Gasteiger partial charge is 0.232 e. The van der Waals surface area contributed by atoms with Gasteiger partial charge in [-0.2, -0.15) is 4.98 Å². The van der Waals surface area contributed by atoms with Gasteiger partial charge in [0.15, 0.2) is 0 Å². The second kappa shape index (κ2) is 4.88. The number of nitrogens with two attached hydrogens (primary N) is 1. The molecule has 3 aromatic rings. The first-order valence-corrected chi connectivity index (χ1v) is 6.89. The fourth-order valence-electron chi connectivity index (χ4n) is 1.76. The van der Waals surface area contributed by atoms with Crippen LogP contribution in [0.25, 0.3) is 10.2 Å². The lowest BCUT2D eigenvalue weighted by Gasteiger charge is -2.06. The Morgan fingerprint density at radius 1 is 1.30 bits per heavy atom. The molecule has 0 fully saturated rings. The third kappa shape index (κ3) is 2.39. The van der Waals surface area contributed by atoms with E-state index < -0.39 is 5.82 Å². The second-order valence-electron chi connectivity index (χ2n) is 4.14. The van der Waals surface area contributed by atoms with Crippen molar-refractivity contribution in [3.8, 4) is 11.6 Å². The Kier molecular flexibility index (Phi) is 3.19. The highest BCUT2D eigenvalue weighted by molar-refractivity contribution is 7.18. The van der Waals surface area contributed by atoms with Crippen molar-refractivity contribution in [1.29, 1.82) is 0 Å². The first kappa shape index (κ1) is 13.1. The van der Waals surface area contributed by atoms with Crippen molar-refractivity contribution < 1.29 is 9.13 Å². The van der Waals surface area contributed by atoms with E-state index in [1.165, 1.54) is 23.5 Å². The monoisotopic (exact) mass is 309 g/mol. The number of benzene rings is 1. The largest absolute Gasteiger partial charge is 0.438 e. The summed E-state index contributed by atoms with van der Waals surface area (Å²) < 4.78 is 19.0. The zero-order valence-electron chi connectivity index (χ0n) is 10.4. The van der Waals surface area contributed by atoms with Crippen LogP contribution in [0.3, 0.4) is 0 Å². The van der Waals surface area contributed by atoms with Crippen LogP contribution in [-0.4, -0.2) is 9.97 Å². The minimum absolute atomic E-state index is 0.0380. The molecule has 0 atom stereocenters. The molecule has 0 unspecified atom stereocenters. The molecule has 2 N–H and O–H groups in total. The van der Waals surface area contributed by atoms with E-state index in [4.69, 9.17) is 22.1 Å². The minimum Gasteiger partial charge on any atom is -0.438 e. The number of fused-ring (bicyclic) bond motifs is 1. The SMILES string of the molecule is Cc1cc2c(Oc3ccc(Cl)c(F)c3)nc(N)nc2s1. The Morgan fingerprint density at radius 3 is 2.85 bits per heavy atom. The van der Waals surface area contributed by atoms with E-state index in [0.29, 0.717) is 11.6 Å². The van der Waals surface area contributed by atoms with Crippen molar-refractivity contribution in [2.75, 3.05) is 5.73 Å². The van der Waals surface area contributed by atoms with E-state index in [2.05, 4.69) is 9.97 Å². The average molecular weight is 310 g/mol. The van der Waals surface area contributed by atoms with Gasteiger partial charge in [-0.3, -0.25) is 0 Å². The topological polar surface area (TPSA) is 61.0 Å². The predicted molar refractivity (Wildman–Crippen MR) is 78.0 cm³/mol. The number of ether oxygens (including phenoxy) is 1. The lowest BCUT2D eigenvalue weighted by molar-refractivity contribution is 0.464. The Balaban J connectivity index is 2.07. The molecule has 3 rings (SSSR count). The Hall–Kier alpha value is -1.92. The highest BCUT2D eigenvalue weighted by Gasteiger charge is 2.12. The highest BCUT2D eigenvalue weighted by Crippen LogP contribution is 2.33. The van der Waals surface area contributed by atoms with Gasteiger partial charge in [0.25, 0.3) is 0 Å². The molecule has 1 aromatic carbocycles. The summed E-state index contributed by atoms with van der Waals surface area (Å²) in [6.45, 7) is 1.95. The maximum atomic E-state index is 13.4. The van der Waals surface area contributed by atoms with E-state index in [9.17, 15) is 4.39 Å². The van der Waals surface area contributed by atoms with Gasteiger partial charge in [-0.05, 0) is 25.1 Å². The summed E-state index contributed by atoms with van der Waals surface area (Å²) in [5, 5.41) is 0.785. The molecular weight excluding hydrogens is 301 g/mol. The van der Waals surface area contributed by atoms with Gasteiger partial charge in [-0.1, -0.05) is 11.6 Å². The molecule has 0 aliphatic carbocycles. The molecule has 4 nitrogen and oxygen atoms in total. The van der Waals surface area contributed by atoms with Crippen LogP contribution in [0.5, 0.6) is 11.6 Å². The number of aromatic nitrogens is 2. The first-order chi connectivity index (χ1) is 9.52. The number of thiophene rings is 1. The summed E-state index contributed by atoms with van der Waals surface area (Å²) in [6, 6.07) is 6.09. The summed E-state index contributed by atoms with van der Waals surface area (Å²) in [4.78, 5) is 10.00. The normalized spacial score (nSPS) is 10.9. The molecule has 102 valence electrons. The van der Waals surface area contributed by atoms with Crippen molar-refractivity contribution in [1.82, 2.24) is 9.97 Å². The Labute approximate surface area is 123 Å². The van der Waals surface area contributed by atoms with Gasteiger partial charge in [0.05, 0.1) is 10.4 Å². The molecule has 0 saturated carbocycles. The fraction of sp³-hybridized carbons (Fsp3) is 0.0769. The minimum atomic E-state index is -0.552. The van der Waals surface area contributed by atoms with Gasteiger partial charge in [0, 0.05) is 10.9 Å². The third-order valence-electron chi connectivity index (χ3n) is 2.60. The van der Waals surface area contributed by atoms with E-state index in [1.807, 2.05) is 13.0 Å². The molecule has 2 heterocycles. The standard InChI is InChI=1S/C13H9ClFN3OS/c1-6-4-8-11(17-13(16)18-12(8)20-6)19-7-2-3-9(14)10(15)5-7/h2-5H,1H3,(H2,16,17,18). The van der Waals surface area contributed by atoms with Crippen LogP contribution >= 0.6 is 22.9 Å².